The van der Waals surface area contributed by atoms with Gasteiger partial charge in [0.25, 0.3) is 0 Å². The monoisotopic (exact) mass is 250 g/mol. The highest BCUT2D eigenvalue weighted by Crippen LogP contribution is 2.32. The van der Waals surface area contributed by atoms with E-state index in [4.69, 9.17) is 4.74 Å². The molecule has 0 atom stereocenters. The van der Waals surface area contributed by atoms with Gasteiger partial charge in [0, 0.05) is 0 Å². The number of fused-ring (bicyclic) bond motifs is 3. The molecule has 0 bridgehead atoms. The summed E-state index contributed by atoms with van der Waals surface area (Å²) in [5, 5.41) is 5.16. The second kappa shape index (κ2) is 4.58. The van der Waals surface area contributed by atoms with Crippen LogP contribution in [-0.4, -0.2) is 6.10 Å². The zero-order chi connectivity index (χ0) is 13.4. The summed E-state index contributed by atoms with van der Waals surface area (Å²) in [6.07, 6.45) is 0.205. The molecule has 1 heteroatoms. The zero-order valence-corrected chi connectivity index (χ0v) is 11.6. The Morgan fingerprint density at radius 1 is 0.789 bits per heavy atom. The van der Waals surface area contributed by atoms with Crippen LogP contribution in [0.5, 0.6) is 5.75 Å². The van der Waals surface area contributed by atoms with E-state index in [0.29, 0.717) is 0 Å². The van der Waals surface area contributed by atoms with Crippen molar-refractivity contribution in [1.82, 2.24) is 0 Å². The molecule has 3 rings (SSSR count). The Bertz CT molecular complexity index is 741. The number of rotatable bonds is 2. The van der Waals surface area contributed by atoms with Crippen LogP contribution in [0.3, 0.4) is 0 Å². The van der Waals surface area contributed by atoms with Gasteiger partial charge in [-0.3, -0.25) is 0 Å². The Hall–Kier alpha value is -2.02. The van der Waals surface area contributed by atoms with E-state index in [1.165, 1.54) is 27.1 Å². The molecule has 0 saturated carbocycles. The van der Waals surface area contributed by atoms with Gasteiger partial charge >= 0.3 is 0 Å². The molecular formula is C18H18O. The molecule has 3 aromatic carbocycles. The molecule has 0 aliphatic heterocycles. The van der Waals surface area contributed by atoms with Crippen molar-refractivity contribution in [3.63, 3.8) is 0 Å². The standard InChI is InChI=1S/C18H18O/c1-12(2)19-18-11-10-17-15(13(18)3)9-8-14-6-4-5-7-16(14)17/h4-12H,1-3H3. The second-order valence-corrected chi connectivity index (χ2v) is 5.24. The third-order valence-electron chi connectivity index (χ3n) is 3.51. The molecular weight excluding hydrogens is 232 g/mol. The van der Waals surface area contributed by atoms with Crippen molar-refractivity contribution < 1.29 is 4.74 Å². The highest BCUT2D eigenvalue weighted by atomic mass is 16.5. The van der Waals surface area contributed by atoms with Crippen molar-refractivity contribution in [3.05, 3.63) is 54.1 Å². The fraction of sp³-hybridized carbons (Fsp3) is 0.222. The largest absolute Gasteiger partial charge is 0.491 e. The van der Waals surface area contributed by atoms with Crippen LogP contribution in [0, 0.1) is 6.92 Å². The van der Waals surface area contributed by atoms with Gasteiger partial charge in [-0.1, -0.05) is 42.5 Å². The highest BCUT2D eigenvalue weighted by molar-refractivity contribution is 6.08. The molecule has 0 N–H and O–H groups in total. The SMILES string of the molecule is Cc1c(OC(C)C)ccc2c1ccc1ccccc12. The van der Waals surface area contributed by atoms with E-state index in [9.17, 15) is 0 Å². The van der Waals surface area contributed by atoms with Crippen LogP contribution < -0.4 is 4.74 Å². The maximum absolute atomic E-state index is 5.87. The first-order chi connectivity index (χ1) is 9.16. The van der Waals surface area contributed by atoms with E-state index in [1.807, 2.05) is 0 Å². The van der Waals surface area contributed by atoms with Crippen LogP contribution in [0.2, 0.25) is 0 Å². The molecule has 0 heterocycles. The van der Waals surface area contributed by atoms with Gasteiger partial charge in [0.1, 0.15) is 5.75 Å². The Balaban J connectivity index is 2.30. The molecule has 19 heavy (non-hydrogen) atoms. The maximum Gasteiger partial charge on any atom is 0.123 e. The lowest BCUT2D eigenvalue weighted by atomic mass is 9.98. The predicted octanol–water partition coefficient (Wildman–Crippen LogP) is 5.09. The maximum atomic E-state index is 5.87. The summed E-state index contributed by atoms with van der Waals surface area (Å²) in [5.74, 6) is 0.984. The third-order valence-corrected chi connectivity index (χ3v) is 3.51. The number of benzene rings is 3. The average Bonchev–Trinajstić information content (AvgIpc) is 2.41. The topological polar surface area (TPSA) is 9.23 Å². The van der Waals surface area contributed by atoms with Gasteiger partial charge in [0.05, 0.1) is 6.10 Å². The van der Waals surface area contributed by atoms with Crippen LogP contribution in [0.15, 0.2) is 48.5 Å². The molecule has 0 spiro atoms. The van der Waals surface area contributed by atoms with E-state index < -0.39 is 0 Å². The Morgan fingerprint density at radius 2 is 1.53 bits per heavy atom. The highest BCUT2D eigenvalue weighted by Gasteiger charge is 2.08. The average molecular weight is 250 g/mol. The Morgan fingerprint density at radius 3 is 2.32 bits per heavy atom. The second-order valence-electron chi connectivity index (χ2n) is 5.24. The fourth-order valence-electron chi connectivity index (χ4n) is 2.60. The van der Waals surface area contributed by atoms with E-state index in [1.54, 1.807) is 0 Å². The number of hydrogen-bond donors (Lipinski definition) is 0. The smallest absolute Gasteiger partial charge is 0.123 e. The molecule has 0 aromatic heterocycles. The lowest BCUT2D eigenvalue weighted by Gasteiger charge is -2.15. The van der Waals surface area contributed by atoms with E-state index in [-0.39, 0.29) is 6.10 Å². The van der Waals surface area contributed by atoms with E-state index in [2.05, 4.69) is 69.3 Å². The van der Waals surface area contributed by atoms with Gasteiger partial charge in [0.15, 0.2) is 0 Å². The van der Waals surface area contributed by atoms with Gasteiger partial charge < -0.3 is 4.74 Å². The lowest BCUT2D eigenvalue weighted by molar-refractivity contribution is 0.241. The number of ether oxygens (including phenoxy) is 1. The summed E-state index contributed by atoms with van der Waals surface area (Å²) in [4.78, 5) is 0. The Labute approximate surface area is 113 Å². The van der Waals surface area contributed by atoms with Crippen molar-refractivity contribution in [2.75, 3.05) is 0 Å². The van der Waals surface area contributed by atoms with E-state index in [0.717, 1.165) is 5.75 Å². The van der Waals surface area contributed by atoms with Gasteiger partial charge in [0.2, 0.25) is 0 Å². The van der Waals surface area contributed by atoms with Crippen LogP contribution in [0.1, 0.15) is 19.4 Å². The van der Waals surface area contributed by atoms with Crippen molar-refractivity contribution in [2.45, 2.75) is 26.9 Å². The van der Waals surface area contributed by atoms with Crippen LogP contribution in [0.25, 0.3) is 21.5 Å². The predicted molar refractivity (Wildman–Crippen MR) is 82.0 cm³/mol. The van der Waals surface area contributed by atoms with Crippen molar-refractivity contribution in [1.29, 1.82) is 0 Å². The molecule has 0 aliphatic rings. The summed E-state index contributed by atoms with van der Waals surface area (Å²) < 4.78 is 5.87. The van der Waals surface area contributed by atoms with Crippen molar-refractivity contribution in [2.24, 2.45) is 0 Å². The molecule has 0 aliphatic carbocycles. The van der Waals surface area contributed by atoms with Crippen LogP contribution in [0.4, 0.5) is 0 Å². The minimum Gasteiger partial charge on any atom is -0.491 e. The lowest BCUT2D eigenvalue weighted by Crippen LogP contribution is -2.06. The van der Waals surface area contributed by atoms with Crippen molar-refractivity contribution in [3.8, 4) is 5.75 Å². The van der Waals surface area contributed by atoms with E-state index >= 15 is 0 Å². The van der Waals surface area contributed by atoms with Crippen LogP contribution in [-0.2, 0) is 0 Å². The molecule has 0 unspecified atom stereocenters. The molecule has 1 nitrogen and oxygen atoms in total. The summed E-state index contributed by atoms with van der Waals surface area (Å²) >= 11 is 0. The third kappa shape index (κ3) is 2.06. The normalized spacial score (nSPS) is 11.4. The number of hydrogen-bond acceptors (Lipinski definition) is 1. The molecule has 3 aromatic rings. The fourth-order valence-corrected chi connectivity index (χ4v) is 2.60. The van der Waals surface area contributed by atoms with Crippen molar-refractivity contribution >= 4 is 21.5 Å². The number of aryl methyl sites for hydroxylation is 1. The molecule has 0 radical (unpaired) electrons. The molecule has 0 amide bonds. The molecule has 0 saturated heterocycles. The Kier molecular flexibility index (Phi) is 2.90. The van der Waals surface area contributed by atoms with Gasteiger partial charge in [-0.2, -0.15) is 0 Å². The zero-order valence-electron chi connectivity index (χ0n) is 11.6. The molecule has 96 valence electrons. The summed E-state index contributed by atoms with van der Waals surface area (Å²) in [6.45, 7) is 6.25. The first kappa shape index (κ1) is 12.0. The summed E-state index contributed by atoms with van der Waals surface area (Å²) in [5.41, 5.74) is 1.22. The summed E-state index contributed by atoms with van der Waals surface area (Å²) in [7, 11) is 0. The first-order valence-corrected chi connectivity index (χ1v) is 6.74. The minimum atomic E-state index is 0.205. The van der Waals surface area contributed by atoms with Gasteiger partial charge in [-0.15, -0.1) is 0 Å². The van der Waals surface area contributed by atoms with Crippen LogP contribution >= 0.6 is 0 Å². The van der Waals surface area contributed by atoms with Gasteiger partial charge in [-0.05, 0) is 53.9 Å². The van der Waals surface area contributed by atoms with Gasteiger partial charge in [-0.25, -0.2) is 0 Å². The quantitative estimate of drug-likeness (QED) is 0.576. The molecule has 0 fully saturated rings. The first-order valence-electron chi connectivity index (χ1n) is 6.74. The minimum absolute atomic E-state index is 0.205. The summed E-state index contributed by atoms with van der Waals surface area (Å²) in [6, 6.07) is 17.1.